The summed E-state index contributed by atoms with van der Waals surface area (Å²) in [5, 5.41) is 11.3. The van der Waals surface area contributed by atoms with Gasteiger partial charge in [0, 0.05) is 41.0 Å². The first-order valence-electron chi connectivity index (χ1n) is 12.2. The number of thiophene rings is 1. The molecule has 0 aromatic carbocycles. The summed E-state index contributed by atoms with van der Waals surface area (Å²) in [6.45, 7) is 8.18. The molecule has 0 aliphatic carbocycles. The molecule has 6 aromatic rings. The number of nitrogens with zero attached hydrogens (tertiary/aromatic N) is 5. The summed E-state index contributed by atoms with van der Waals surface area (Å²) in [4.78, 5) is 36.5. The van der Waals surface area contributed by atoms with E-state index in [4.69, 9.17) is 4.98 Å². The van der Waals surface area contributed by atoms with Crippen LogP contribution in [-0.2, 0) is 4.79 Å². The second-order valence-electron chi connectivity index (χ2n) is 10.5. The Morgan fingerprint density at radius 3 is 2.66 bits per heavy atom. The van der Waals surface area contributed by atoms with Crippen LogP contribution in [0, 0.1) is 12.3 Å². The van der Waals surface area contributed by atoms with Gasteiger partial charge < -0.3 is 10.3 Å². The van der Waals surface area contributed by atoms with Gasteiger partial charge in [0.1, 0.15) is 16.9 Å². The molecule has 0 fully saturated rings. The summed E-state index contributed by atoms with van der Waals surface area (Å²) in [5.74, 6) is 0.590. The van der Waals surface area contributed by atoms with E-state index >= 15 is 0 Å². The molecule has 6 aromatic heterocycles. The van der Waals surface area contributed by atoms with Crippen LogP contribution in [0.5, 0.6) is 0 Å². The molecular formula is C28H26N8OS. The second-order valence-corrected chi connectivity index (χ2v) is 11.8. The summed E-state index contributed by atoms with van der Waals surface area (Å²) in [5.41, 5.74) is 6.09. The first-order chi connectivity index (χ1) is 18.2. The number of H-pyrrole nitrogens is 2. The molecule has 0 radical (unpaired) electrons. The van der Waals surface area contributed by atoms with E-state index in [1.807, 2.05) is 39.0 Å². The fraction of sp³-hybridized carbons (Fsp3) is 0.214. The number of hydrogen-bond acceptors (Lipinski definition) is 7. The number of rotatable bonds is 5. The Morgan fingerprint density at radius 2 is 1.87 bits per heavy atom. The molecule has 0 atom stereocenters. The summed E-state index contributed by atoms with van der Waals surface area (Å²) in [6.07, 6.45) is 7.38. The van der Waals surface area contributed by atoms with Gasteiger partial charge in [-0.25, -0.2) is 9.97 Å². The summed E-state index contributed by atoms with van der Waals surface area (Å²) in [6, 6.07) is 9.98. The standard InChI is InChI=1S/C28H26N8OS/c1-15-5-6-21(38-15)25-24-20(7-8-30-25)33-27(34-24)23-19-10-17(13-31-26(19)36-35-23)16-9-18(14-29-12-16)32-22(37)11-28(2,3)4/h5-10,12-14H,11H2,1-4H3,(H,32,37)(H,33,34)(H,31,35,36). The maximum atomic E-state index is 12.4. The third kappa shape index (κ3) is 4.66. The van der Waals surface area contributed by atoms with Crippen LogP contribution in [-0.4, -0.2) is 41.0 Å². The molecule has 0 bridgehead atoms. The normalized spacial score (nSPS) is 11.9. The number of pyridine rings is 3. The van der Waals surface area contributed by atoms with Gasteiger partial charge in [0.15, 0.2) is 11.5 Å². The average Bonchev–Trinajstić information content (AvgIpc) is 3.60. The minimum atomic E-state index is -0.0992. The first kappa shape index (κ1) is 23.9. The van der Waals surface area contributed by atoms with E-state index in [2.05, 4.69) is 54.5 Å². The highest BCUT2D eigenvalue weighted by Crippen LogP contribution is 2.34. The van der Waals surface area contributed by atoms with Crippen LogP contribution in [0.2, 0.25) is 0 Å². The molecule has 6 rings (SSSR count). The zero-order valence-electron chi connectivity index (χ0n) is 21.5. The van der Waals surface area contributed by atoms with E-state index in [9.17, 15) is 4.79 Å². The molecule has 3 N–H and O–H groups in total. The van der Waals surface area contributed by atoms with Crippen molar-refractivity contribution in [3.8, 4) is 33.2 Å². The minimum absolute atomic E-state index is 0.0430. The van der Waals surface area contributed by atoms with Crippen molar-refractivity contribution in [3.05, 3.63) is 60.0 Å². The Kier molecular flexibility index (Phi) is 5.76. The van der Waals surface area contributed by atoms with Gasteiger partial charge in [0.25, 0.3) is 0 Å². The van der Waals surface area contributed by atoms with Crippen molar-refractivity contribution >= 4 is 45.0 Å². The number of carbonyl (C=O) groups excluding carboxylic acids is 1. The largest absolute Gasteiger partial charge is 0.336 e. The van der Waals surface area contributed by atoms with Crippen LogP contribution in [0.25, 0.3) is 55.3 Å². The van der Waals surface area contributed by atoms with Gasteiger partial charge in [-0.3, -0.25) is 19.9 Å². The third-order valence-electron chi connectivity index (χ3n) is 6.06. The van der Waals surface area contributed by atoms with Gasteiger partial charge in [0.05, 0.1) is 27.7 Å². The van der Waals surface area contributed by atoms with Crippen LogP contribution in [0.4, 0.5) is 5.69 Å². The van der Waals surface area contributed by atoms with Gasteiger partial charge >= 0.3 is 0 Å². The Balaban J connectivity index is 1.36. The van der Waals surface area contributed by atoms with Crippen molar-refractivity contribution in [1.29, 1.82) is 0 Å². The average molecular weight is 523 g/mol. The quantitative estimate of drug-likeness (QED) is 0.242. The second kappa shape index (κ2) is 9.14. The molecular weight excluding hydrogens is 496 g/mol. The number of imidazole rings is 1. The SMILES string of the molecule is Cc1ccc(-c2nccc3[nH]c(-c4n[nH]c5ncc(-c6cncc(NC(=O)CC(C)(C)C)c6)cc45)nc23)s1. The monoisotopic (exact) mass is 522 g/mol. The zero-order valence-corrected chi connectivity index (χ0v) is 22.3. The molecule has 190 valence electrons. The number of carbonyl (C=O) groups is 1. The van der Waals surface area contributed by atoms with Crippen molar-refractivity contribution in [1.82, 2.24) is 35.1 Å². The van der Waals surface area contributed by atoms with E-state index in [1.165, 1.54) is 4.88 Å². The van der Waals surface area contributed by atoms with Gasteiger partial charge in [0.2, 0.25) is 5.91 Å². The van der Waals surface area contributed by atoms with Crippen molar-refractivity contribution < 1.29 is 4.79 Å². The number of aromatic nitrogens is 7. The van der Waals surface area contributed by atoms with E-state index < -0.39 is 0 Å². The minimum Gasteiger partial charge on any atom is -0.336 e. The number of hydrogen-bond donors (Lipinski definition) is 3. The fourth-order valence-electron chi connectivity index (χ4n) is 4.38. The summed E-state index contributed by atoms with van der Waals surface area (Å²) < 4.78 is 0. The molecule has 6 heterocycles. The Bertz CT molecular complexity index is 1810. The van der Waals surface area contributed by atoms with Gasteiger partial charge in [-0.1, -0.05) is 20.8 Å². The molecule has 9 nitrogen and oxygen atoms in total. The lowest BCUT2D eigenvalue weighted by molar-refractivity contribution is -0.117. The summed E-state index contributed by atoms with van der Waals surface area (Å²) >= 11 is 1.69. The fourth-order valence-corrected chi connectivity index (χ4v) is 5.25. The highest BCUT2D eigenvalue weighted by molar-refractivity contribution is 7.15. The molecule has 1 amide bonds. The molecule has 0 saturated heterocycles. The molecule has 0 spiro atoms. The Labute approximate surface area is 222 Å². The maximum absolute atomic E-state index is 12.4. The lowest BCUT2D eigenvalue weighted by Crippen LogP contribution is -2.19. The van der Waals surface area contributed by atoms with Crippen molar-refractivity contribution in [2.45, 2.75) is 34.1 Å². The number of anilines is 1. The highest BCUT2D eigenvalue weighted by Gasteiger charge is 2.19. The molecule has 0 unspecified atom stereocenters. The predicted molar refractivity (Wildman–Crippen MR) is 151 cm³/mol. The molecule has 38 heavy (non-hydrogen) atoms. The van der Waals surface area contributed by atoms with Gasteiger partial charge in [-0.15, -0.1) is 11.3 Å². The van der Waals surface area contributed by atoms with Crippen LogP contribution in [0.3, 0.4) is 0 Å². The van der Waals surface area contributed by atoms with Gasteiger partial charge in [-0.05, 0) is 42.7 Å². The highest BCUT2D eigenvalue weighted by atomic mass is 32.1. The van der Waals surface area contributed by atoms with Gasteiger partial charge in [-0.2, -0.15) is 5.10 Å². The van der Waals surface area contributed by atoms with E-state index in [1.54, 1.807) is 36.1 Å². The van der Waals surface area contributed by atoms with E-state index in [0.717, 1.165) is 38.1 Å². The van der Waals surface area contributed by atoms with E-state index in [-0.39, 0.29) is 11.3 Å². The van der Waals surface area contributed by atoms with Crippen molar-refractivity contribution in [2.75, 3.05) is 5.32 Å². The maximum Gasteiger partial charge on any atom is 0.224 e. The Hall–Kier alpha value is -4.44. The third-order valence-corrected chi connectivity index (χ3v) is 7.07. The van der Waals surface area contributed by atoms with E-state index in [0.29, 0.717) is 29.3 Å². The molecule has 10 heteroatoms. The number of nitrogens with one attached hydrogen (secondary N) is 3. The molecule has 0 aliphatic rings. The zero-order chi connectivity index (χ0) is 26.4. The number of aromatic amines is 2. The Morgan fingerprint density at radius 1 is 1.03 bits per heavy atom. The molecule has 0 saturated carbocycles. The summed E-state index contributed by atoms with van der Waals surface area (Å²) in [7, 11) is 0. The lowest BCUT2D eigenvalue weighted by Gasteiger charge is -2.17. The number of amides is 1. The smallest absolute Gasteiger partial charge is 0.224 e. The van der Waals surface area contributed by atoms with Crippen LogP contribution in [0.15, 0.2) is 55.1 Å². The van der Waals surface area contributed by atoms with Crippen LogP contribution in [0.1, 0.15) is 32.1 Å². The van der Waals surface area contributed by atoms with Crippen LogP contribution >= 0.6 is 11.3 Å². The molecule has 0 aliphatic heterocycles. The predicted octanol–water partition coefficient (Wildman–Crippen LogP) is 6.37. The topological polar surface area (TPSA) is 125 Å². The van der Waals surface area contributed by atoms with Crippen molar-refractivity contribution in [3.63, 3.8) is 0 Å². The van der Waals surface area contributed by atoms with Crippen LogP contribution < -0.4 is 5.32 Å². The van der Waals surface area contributed by atoms with Crippen molar-refractivity contribution in [2.24, 2.45) is 5.41 Å². The lowest BCUT2D eigenvalue weighted by atomic mass is 9.92. The number of fused-ring (bicyclic) bond motifs is 2. The first-order valence-corrected chi connectivity index (χ1v) is 13.1. The number of aryl methyl sites for hydroxylation is 1.